The van der Waals surface area contributed by atoms with Crippen LogP contribution in [0.15, 0.2) is 12.1 Å². The Morgan fingerprint density at radius 1 is 1.45 bits per heavy atom. The Balaban J connectivity index is 2.24. The molecule has 0 aliphatic carbocycles. The second-order valence-corrected chi connectivity index (χ2v) is 5.38. The SMILES string of the molecule is CCN1CCOC(C(O)c2ccc(C)c(C)c2OC)C1. The fraction of sp³-hybridized carbons (Fsp3) is 0.625. The van der Waals surface area contributed by atoms with E-state index in [0.717, 1.165) is 42.1 Å². The molecule has 0 aromatic heterocycles. The first-order chi connectivity index (χ1) is 9.58. The molecule has 0 spiro atoms. The average Bonchev–Trinajstić information content (AvgIpc) is 2.49. The minimum atomic E-state index is -0.654. The minimum absolute atomic E-state index is 0.195. The van der Waals surface area contributed by atoms with Crippen LogP contribution in [0.3, 0.4) is 0 Å². The molecule has 1 aliphatic rings. The lowest BCUT2D eigenvalue weighted by atomic mass is 9.97. The van der Waals surface area contributed by atoms with Crippen LogP contribution in [0.5, 0.6) is 5.75 Å². The second kappa shape index (κ2) is 6.57. The highest BCUT2D eigenvalue weighted by Gasteiger charge is 2.29. The zero-order valence-corrected chi connectivity index (χ0v) is 12.8. The molecular formula is C16H25NO3. The standard InChI is InChI=1S/C16H25NO3/c1-5-17-8-9-20-14(10-17)15(18)13-7-6-11(2)12(3)16(13)19-4/h6-7,14-15,18H,5,8-10H2,1-4H3. The van der Waals surface area contributed by atoms with Gasteiger partial charge in [0.05, 0.1) is 13.7 Å². The molecule has 112 valence electrons. The molecule has 1 aromatic carbocycles. The summed E-state index contributed by atoms with van der Waals surface area (Å²) in [6.45, 7) is 9.54. The van der Waals surface area contributed by atoms with Crippen molar-refractivity contribution in [2.75, 3.05) is 33.4 Å². The van der Waals surface area contributed by atoms with Gasteiger partial charge in [-0.25, -0.2) is 0 Å². The Labute approximate surface area is 121 Å². The van der Waals surface area contributed by atoms with Crippen molar-refractivity contribution < 1.29 is 14.6 Å². The lowest BCUT2D eigenvalue weighted by molar-refractivity contribution is -0.0893. The number of aryl methyl sites for hydroxylation is 1. The Hall–Kier alpha value is -1.10. The van der Waals surface area contributed by atoms with Gasteiger partial charge < -0.3 is 14.6 Å². The highest BCUT2D eigenvalue weighted by Crippen LogP contribution is 2.33. The quantitative estimate of drug-likeness (QED) is 0.916. The number of morpholine rings is 1. The highest BCUT2D eigenvalue weighted by atomic mass is 16.5. The molecular weight excluding hydrogens is 254 g/mol. The molecule has 0 saturated carbocycles. The number of aliphatic hydroxyl groups excluding tert-OH is 1. The molecule has 1 heterocycles. The van der Waals surface area contributed by atoms with Crippen LogP contribution in [-0.4, -0.2) is 49.5 Å². The molecule has 2 rings (SSSR count). The summed E-state index contributed by atoms with van der Waals surface area (Å²) in [7, 11) is 1.65. The zero-order chi connectivity index (χ0) is 14.7. The number of nitrogens with zero attached hydrogens (tertiary/aromatic N) is 1. The van der Waals surface area contributed by atoms with Gasteiger partial charge in [-0.15, -0.1) is 0 Å². The summed E-state index contributed by atoms with van der Waals surface area (Å²) in [4.78, 5) is 2.30. The lowest BCUT2D eigenvalue weighted by Gasteiger charge is -2.35. The fourth-order valence-corrected chi connectivity index (χ4v) is 2.73. The molecule has 20 heavy (non-hydrogen) atoms. The molecule has 4 heteroatoms. The van der Waals surface area contributed by atoms with Crippen LogP contribution in [0.2, 0.25) is 0 Å². The average molecular weight is 279 g/mol. The third-order valence-electron chi connectivity index (χ3n) is 4.21. The van der Waals surface area contributed by atoms with E-state index in [9.17, 15) is 5.11 Å². The van der Waals surface area contributed by atoms with Crippen molar-refractivity contribution in [3.05, 3.63) is 28.8 Å². The van der Waals surface area contributed by atoms with Crippen molar-refractivity contribution in [3.8, 4) is 5.75 Å². The van der Waals surface area contributed by atoms with Crippen molar-refractivity contribution in [1.29, 1.82) is 0 Å². The van der Waals surface area contributed by atoms with Crippen LogP contribution in [0.4, 0.5) is 0 Å². The molecule has 2 unspecified atom stereocenters. The molecule has 1 aliphatic heterocycles. The van der Waals surface area contributed by atoms with Crippen molar-refractivity contribution in [2.45, 2.75) is 33.0 Å². The van der Waals surface area contributed by atoms with E-state index < -0.39 is 6.10 Å². The predicted molar refractivity (Wildman–Crippen MR) is 79.3 cm³/mol. The third-order valence-corrected chi connectivity index (χ3v) is 4.21. The normalized spacial score (nSPS) is 21.8. The maximum Gasteiger partial charge on any atom is 0.127 e. The Morgan fingerprint density at radius 2 is 2.20 bits per heavy atom. The van der Waals surface area contributed by atoms with Gasteiger partial charge in [0, 0.05) is 18.7 Å². The molecule has 1 fully saturated rings. The van der Waals surface area contributed by atoms with Crippen LogP contribution in [-0.2, 0) is 4.74 Å². The summed E-state index contributed by atoms with van der Waals surface area (Å²) in [5.41, 5.74) is 3.06. The largest absolute Gasteiger partial charge is 0.496 e. The van der Waals surface area contributed by atoms with E-state index in [0.29, 0.717) is 6.61 Å². The van der Waals surface area contributed by atoms with Crippen molar-refractivity contribution >= 4 is 0 Å². The van der Waals surface area contributed by atoms with Crippen LogP contribution >= 0.6 is 0 Å². The molecule has 2 atom stereocenters. The molecule has 0 bridgehead atoms. The van der Waals surface area contributed by atoms with Crippen LogP contribution in [0, 0.1) is 13.8 Å². The summed E-state index contributed by atoms with van der Waals surface area (Å²) in [6.07, 6.45) is -0.849. The number of hydrogen-bond acceptors (Lipinski definition) is 4. The third kappa shape index (κ3) is 2.97. The number of methoxy groups -OCH3 is 1. The Bertz CT molecular complexity index is 461. The summed E-state index contributed by atoms with van der Waals surface area (Å²) in [5.74, 6) is 0.773. The minimum Gasteiger partial charge on any atom is -0.496 e. The van der Waals surface area contributed by atoms with E-state index in [2.05, 4.69) is 11.8 Å². The number of aliphatic hydroxyl groups is 1. The summed E-state index contributed by atoms with van der Waals surface area (Å²) >= 11 is 0. The fourth-order valence-electron chi connectivity index (χ4n) is 2.73. The Morgan fingerprint density at radius 3 is 2.85 bits per heavy atom. The van der Waals surface area contributed by atoms with E-state index in [1.54, 1.807) is 7.11 Å². The van der Waals surface area contributed by atoms with Gasteiger partial charge in [0.15, 0.2) is 0 Å². The number of hydrogen-bond donors (Lipinski definition) is 1. The number of likely N-dealkylation sites (N-methyl/N-ethyl adjacent to an activating group) is 1. The summed E-state index contributed by atoms with van der Waals surface area (Å²) in [5, 5.41) is 10.7. The van der Waals surface area contributed by atoms with Gasteiger partial charge in [0.25, 0.3) is 0 Å². The van der Waals surface area contributed by atoms with Gasteiger partial charge in [-0.2, -0.15) is 0 Å². The molecule has 1 saturated heterocycles. The molecule has 0 radical (unpaired) electrons. The molecule has 4 nitrogen and oxygen atoms in total. The van der Waals surface area contributed by atoms with E-state index in [-0.39, 0.29) is 6.10 Å². The van der Waals surface area contributed by atoms with Gasteiger partial charge in [0.1, 0.15) is 18.0 Å². The van der Waals surface area contributed by atoms with Crippen molar-refractivity contribution in [2.24, 2.45) is 0 Å². The Kier molecular flexibility index (Phi) is 5.02. The van der Waals surface area contributed by atoms with Gasteiger partial charge in [-0.05, 0) is 31.5 Å². The number of rotatable bonds is 4. The van der Waals surface area contributed by atoms with Gasteiger partial charge in [0.2, 0.25) is 0 Å². The first-order valence-electron chi connectivity index (χ1n) is 7.24. The topological polar surface area (TPSA) is 41.9 Å². The number of ether oxygens (including phenoxy) is 2. The van der Waals surface area contributed by atoms with E-state index in [4.69, 9.17) is 9.47 Å². The monoisotopic (exact) mass is 279 g/mol. The maximum absolute atomic E-state index is 10.7. The zero-order valence-electron chi connectivity index (χ0n) is 12.8. The number of benzene rings is 1. The van der Waals surface area contributed by atoms with E-state index in [1.165, 1.54) is 0 Å². The smallest absolute Gasteiger partial charge is 0.127 e. The van der Waals surface area contributed by atoms with E-state index in [1.807, 2.05) is 26.0 Å². The lowest BCUT2D eigenvalue weighted by Crippen LogP contribution is -2.44. The van der Waals surface area contributed by atoms with Gasteiger partial charge in [-0.3, -0.25) is 4.90 Å². The van der Waals surface area contributed by atoms with Crippen molar-refractivity contribution in [3.63, 3.8) is 0 Å². The maximum atomic E-state index is 10.7. The molecule has 1 N–H and O–H groups in total. The first-order valence-corrected chi connectivity index (χ1v) is 7.24. The molecule has 1 aromatic rings. The summed E-state index contributed by atoms with van der Waals surface area (Å²) < 4.78 is 11.2. The van der Waals surface area contributed by atoms with Crippen LogP contribution < -0.4 is 4.74 Å². The highest BCUT2D eigenvalue weighted by molar-refractivity contribution is 5.46. The van der Waals surface area contributed by atoms with Crippen molar-refractivity contribution in [1.82, 2.24) is 4.90 Å². The predicted octanol–water partition coefficient (Wildman–Crippen LogP) is 2.07. The van der Waals surface area contributed by atoms with Crippen LogP contribution in [0.1, 0.15) is 29.7 Å². The van der Waals surface area contributed by atoms with E-state index >= 15 is 0 Å². The van der Waals surface area contributed by atoms with Gasteiger partial charge >= 0.3 is 0 Å². The van der Waals surface area contributed by atoms with Crippen LogP contribution in [0.25, 0.3) is 0 Å². The summed E-state index contributed by atoms with van der Waals surface area (Å²) in [6, 6.07) is 3.97. The van der Waals surface area contributed by atoms with Gasteiger partial charge in [-0.1, -0.05) is 19.1 Å². The first kappa shape index (κ1) is 15.3. The second-order valence-electron chi connectivity index (χ2n) is 5.38. The molecule has 0 amide bonds.